The summed E-state index contributed by atoms with van der Waals surface area (Å²) in [7, 11) is -3.46. The van der Waals surface area contributed by atoms with Gasteiger partial charge in [-0.05, 0) is 5.56 Å². The third-order valence-corrected chi connectivity index (χ3v) is 4.67. The number of rotatable bonds is 5. The lowest BCUT2D eigenvalue weighted by Gasteiger charge is -2.20. The van der Waals surface area contributed by atoms with Crippen molar-refractivity contribution in [2.75, 3.05) is 12.4 Å². The molecule has 16 heavy (non-hydrogen) atoms. The van der Waals surface area contributed by atoms with Gasteiger partial charge in [0, 0.05) is 5.75 Å². The van der Waals surface area contributed by atoms with Gasteiger partial charge in [0.1, 0.15) is 5.25 Å². The van der Waals surface area contributed by atoms with Crippen LogP contribution in [0.15, 0.2) is 30.3 Å². The number of benzene rings is 1. The first-order chi connectivity index (χ1) is 7.53. The maximum atomic E-state index is 11.6. The maximum absolute atomic E-state index is 11.6. The molecule has 0 bridgehead atoms. The van der Waals surface area contributed by atoms with Crippen LogP contribution >= 0.6 is 0 Å². The molecule has 0 saturated heterocycles. The average molecular weight is 244 g/mol. The number of hydrogen-bond acceptors (Lipinski definition) is 4. The summed E-state index contributed by atoms with van der Waals surface area (Å²) in [5.41, 5.74) is 0.499. The molecule has 4 nitrogen and oxygen atoms in total. The molecular formula is C11H16O4S. The Bertz CT molecular complexity index is 413. The Balaban J connectivity index is 2.99. The molecule has 0 unspecified atom stereocenters. The Morgan fingerprint density at radius 1 is 1.25 bits per heavy atom. The summed E-state index contributed by atoms with van der Waals surface area (Å²) >= 11 is 0. The SMILES string of the molecule is CCS(=O)(=O)[C@H](CO)[C@H](O)c1ccccc1. The van der Waals surface area contributed by atoms with Crippen LogP contribution in [0.5, 0.6) is 0 Å². The van der Waals surface area contributed by atoms with Crippen LogP contribution in [0.2, 0.25) is 0 Å². The van der Waals surface area contributed by atoms with Crippen LogP contribution in [0.3, 0.4) is 0 Å². The first kappa shape index (κ1) is 13.2. The summed E-state index contributed by atoms with van der Waals surface area (Å²) in [4.78, 5) is 0. The molecule has 90 valence electrons. The fraction of sp³-hybridized carbons (Fsp3) is 0.455. The predicted octanol–water partition coefficient (Wildman–Crippen LogP) is 0.516. The quantitative estimate of drug-likeness (QED) is 0.791. The van der Waals surface area contributed by atoms with Crippen molar-refractivity contribution in [3.05, 3.63) is 35.9 Å². The highest BCUT2D eigenvalue weighted by Crippen LogP contribution is 2.22. The van der Waals surface area contributed by atoms with Crippen molar-refractivity contribution >= 4 is 9.84 Å². The molecule has 0 heterocycles. The van der Waals surface area contributed by atoms with Crippen LogP contribution in [0.25, 0.3) is 0 Å². The molecule has 5 heteroatoms. The van der Waals surface area contributed by atoms with Crippen LogP contribution in [0, 0.1) is 0 Å². The predicted molar refractivity (Wildman–Crippen MR) is 61.7 cm³/mol. The second-order valence-electron chi connectivity index (χ2n) is 3.53. The highest BCUT2D eigenvalue weighted by molar-refractivity contribution is 7.92. The topological polar surface area (TPSA) is 74.6 Å². The fourth-order valence-corrected chi connectivity index (χ4v) is 2.69. The van der Waals surface area contributed by atoms with Crippen LogP contribution in [0.1, 0.15) is 18.6 Å². The monoisotopic (exact) mass is 244 g/mol. The zero-order valence-electron chi connectivity index (χ0n) is 9.07. The van der Waals surface area contributed by atoms with Gasteiger partial charge >= 0.3 is 0 Å². The second kappa shape index (κ2) is 5.43. The van der Waals surface area contributed by atoms with E-state index in [-0.39, 0.29) is 5.75 Å². The molecule has 0 radical (unpaired) electrons. The lowest BCUT2D eigenvalue weighted by Crippen LogP contribution is -2.33. The van der Waals surface area contributed by atoms with Crippen LogP contribution in [-0.2, 0) is 9.84 Å². The van der Waals surface area contributed by atoms with Crippen molar-refractivity contribution in [1.82, 2.24) is 0 Å². The number of aliphatic hydroxyl groups excluding tert-OH is 2. The molecule has 1 aromatic carbocycles. The van der Waals surface area contributed by atoms with Gasteiger partial charge in [0.15, 0.2) is 9.84 Å². The molecule has 0 saturated carbocycles. The molecule has 0 aliphatic rings. The van der Waals surface area contributed by atoms with Crippen LogP contribution in [0.4, 0.5) is 0 Å². The van der Waals surface area contributed by atoms with Crippen molar-refractivity contribution in [1.29, 1.82) is 0 Å². The van der Waals surface area contributed by atoms with Gasteiger partial charge in [0.05, 0.1) is 12.7 Å². The van der Waals surface area contributed by atoms with E-state index in [0.717, 1.165) is 0 Å². The minimum absolute atomic E-state index is 0.0951. The highest BCUT2D eigenvalue weighted by Gasteiger charge is 2.31. The van der Waals surface area contributed by atoms with Crippen molar-refractivity contribution in [2.45, 2.75) is 18.3 Å². The molecule has 1 rings (SSSR count). The lowest BCUT2D eigenvalue weighted by molar-refractivity contribution is 0.138. The van der Waals surface area contributed by atoms with Crippen molar-refractivity contribution < 1.29 is 18.6 Å². The molecule has 0 aliphatic carbocycles. The molecule has 0 aromatic heterocycles. The van der Waals surface area contributed by atoms with Crippen molar-refractivity contribution in [3.63, 3.8) is 0 Å². The number of aliphatic hydroxyl groups is 2. The Morgan fingerprint density at radius 2 is 1.81 bits per heavy atom. The van der Waals surface area contributed by atoms with E-state index < -0.39 is 27.8 Å². The van der Waals surface area contributed by atoms with Gasteiger partial charge in [0.25, 0.3) is 0 Å². The molecule has 0 aliphatic heterocycles. The Morgan fingerprint density at radius 3 is 2.25 bits per heavy atom. The van der Waals surface area contributed by atoms with E-state index in [4.69, 9.17) is 5.11 Å². The van der Waals surface area contributed by atoms with Gasteiger partial charge in [-0.2, -0.15) is 0 Å². The Hall–Kier alpha value is -0.910. The van der Waals surface area contributed by atoms with Gasteiger partial charge < -0.3 is 10.2 Å². The summed E-state index contributed by atoms with van der Waals surface area (Å²) in [6.07, 6.45) is -1.18. The van der Waals surface area contributed by atoms with E-state index in [1.54, 1.807) is 30.3 Å². The van der Waals surface area contributed by atoms with Crippen molar-refractivity contribution in [3.8, 4) is 0 Å². The number of sulfone groups is 1. The van der Waals surface area contributed by atoms with E-state index in [2.05, 4.69) is 0 Å². The first-order valence-electron chi connectivity index (χ1n) is 5.08. The summed E-state index contributed by atoms with van der Waals surface area (Å²) < 4.78 is 23.3. The smallest absolute Gasteiger partial charge is 0.158 e. The zero-order valence-corrected chi connectivity index (χ0v) is 9.89. The Kier molecular flexibility index (Phi) is 4.46. The number of hydrogen-bond donors (Lipinski definition) is 2. The minimum atomic E-state index is -3.46. The van der Waals surface area contributed by atoms with Crippen molar-refractivity contribution in [2.24, 2.45) is 0 Å². The summed E-state index contributed by atoms with van der Waals surface area (Å²) in [6, 6.07) is 8.48. The van der Waals surface area contributed by atoms with E-state index in [1.807, 2.05) is 0 Å². The first-order valence-corrected chi connectivity index (χ1v) is 6.80. The fourth-order valence-electron chi connectivity index (χ4n) is 1.49. The molecular weight excluding hydrogens is 228 g/mol. The molecule has 0 amide bonds. The van der Waals surface area contributed by atoms with Crippen LogP contribution < -0.4 is 0 Å². The molecule has 1 aromatic rings. The second-order valence-corrected chi connectivity index (χ2v) is 6.04. The Labute approximate surface area is 95.5 Å². The van der Waals surface area contributed by atoms with E-state index in [0.29, 0.717) is 5.56 Å². The molecule has 2 atom stereocenters. The molecule has 2 N–H and O–H groups in total. The van der Waals surface area contributed by atoms with Gasteiger partial charge in [-0.3, -0.25) is 0 Å². The average Bonchev–Trinajstić information content (AvgIpc) is 2.30. The molecule has 0 spiro atoms. The summed E-state index contributed by atoms with van der Waals surface area (Å²) in [5, 5.41) is 17.8. The van der Waals surface area contributed by atoms with Gasteiger partial charge in [0.2, 0.25) is 0 Å². The third kappa shape index (κ3) is 2.81. The molecule has 0 fully saturated rings. The maximum Gasteiger partial charge on any atom is 0.158 e. The standard InChI is InChI=1S/C11H16O4S/c1-2-16(14,15)10(8-12)11(13)9-6-4-3-5-7-9/h3-7,10-13H,2,8H2,1H3/t10-,11-/m1/s1. The third-order valence-electron chi connectivity index (χ3n) is 2.54. The van der Waals surface area contributed by atoms with E-state index in [1.165, 1.54) is 6.92 Å². The van der Waals surface area contributed by atoms with E-state index >= 15 is 0 Å². The van der Waals surface area contributed by atoms with E-state index in [9.17, 15) is 13.5 Å². The van der Waals surface area contributed by atoms with Gasteiger partial charge in [-0.15, -0.1) is 0 Å². The largest absolute Gasteiger partial charge is 0.395 e. The van der Waals surface area contributed by atoms with Crippen LogP contribution in [-0.4, -0.2) is 36.2 Å². The van der Waals surface area contributed by atoms with Gasteiger partial charge in [-0.1, -0.05) is 37.3 Å². The zero-order chi connectivity index (χ0) is 12.2. The summed E-state index contributed by atoms with van der Waals surface area (Å²) in [5.74, 6) is -0.0951. The van der Waals surface area contributed by atoms with Gasteiger partial charge in [-0.25, -0.2) is 8.42 Å². The normalized spacial score (nSPS) is 15.7. The minimum Gasteiger partial charge on any atom is -0.395 e. The summed E-state index contributed by atoms with van der Waals surface area (Å²) in [6.45, 7) is 0.919. The highest BCUT2D eigenvalue weighted by atomic mass is 32.2. The lowest BCUT2D eigenvalue weighted by atomic mass is 10.1.